The second kappa shape index (κ2) is 7.48. The molecule has 0 spiro atoms. The molecule has 0 aromatic carbocycles. The first-order chi connectivity index (χ1) is 7.26. The van der Waals surface area contributed by atoms with Gasteiger partial charge in [0.15, 0.2) is 0 Å². The molecule has 0 aliphatic carbocycles. The number of ether oxygens (including phenoxy) is 1. The number of alkyl halides is 1. The Morgan fingerprint density at radius 3 is 3.00 bits per heavy atom. The van der Waals surface area contributed by atoms with Crippen molar-refractivity contribution in [2.45, 2.75) is 39.2 Å². The van der Waals surface area contributed by atoms with Gasteiger partial charge in [0.25, 0.3) is 0 Å². The van der Waals surface area contributed by atoms with E-state index in [2.05, 4.69) is 18.7 Å². The third-order valence-electron chi connectivity index (χ3n) is 2.85. The second-order valence-electron chi connectivity index (χ2n) is 4.65. The van der Waals surface area contributed by atoms with Crippen LogP contribution < -0.4 is 0 Å². The summed E-state index contributed by atoms with van der Waals surface area (Å²) < 4.78 is 5.80. The van der Waals surface area contributed by atoms with Gasteiger partial charge in [-0.15, -0.1) is 11.6 Å². The van der Waals surface area contributed by atoms with Crippen LogP contribution in [0.4, 0.5) is 0 Å². The highest BCUT2D eigenvalue weighted by Gasteiger charge is 2.20. The molecule has 1 aliphatic heterocycles. The van der Waals surface area contributed by atoms with Crippen LogP contribution in [0.1, 0.15) is 33.1 Å². The second-order valence-corrected chi connectivity index (χ2v) is 4.96. The van der Waals surface area contributed by atoms with Crippen molar-refractivity contribution in [3.05, 3.63) is 0 Å². The van der Waals surface area contributed by atoms with Crippen molar-refractivity contribution in [2.24, 2.45) is 5.92 Å². The van der Waals surface area contributed by atoms with E-state index in [0.29, 0.717) is 12.0 Å². The van der Waals surface area contributed by atoms with E-state index in [-0.39, 0.29) is 0 Å². The highest BCUT2D eigenvalue weighted by atomic mass is 35.5. The quantitative estimate of drug-likeness (QED) is 0.655. The van der Waals surface area contributed by atoms with Gasteiger partial charge in [-0.3, -0.25) is 0 Å². The smallest absolute Gasteiger partial charge is 0.0702 e. The molecule has 3 heteroatoms. The number of halogens is 1. The predicted octanol–water partition coefficient (Wildman–Crippen LogP) is 2.75. The van der Waals surface area contributed by atoms with Crippen molar-refractivity contribution in [2.75, 3.05) is 32.1 Å². The maximum atomic E-state index is 5.83. The molecule has 1 fully saturated rings. The minimum Gasteiger partial charge on any atom is -0.377 e. The van der Waals surface area contributed by atoms with Gasteiger partial charge in [-0.2, -0.15) is 0 Å². The Morgan fingerprint density at radius 2 is 2.33 bits per heavy atom. The van der Waals surface area contributed by atoms with E-state index in [0.717, 1.165) is 32.0 Å². The van der Waals surface area contributed by atoms with Crippen LogP contribution in [0.15, 0.2) is 0 Å². The fourth-order valence-corrected chi connectivity index (χ4v) is 2.19. The third-order valence-corrected chi connectivity index (χ3v) is 3.38. The van der Waals surface area contributed by atoms with Crippen molar-refractivity contribution < 1.29 is 4.74 Å². The van der Waals surface area contributed by atoms with Crippen LogP contribution in [-0.4, -0.2) is 43.1 Å². The first kappa shape index (κ1) is 13.3. The molecule has 0 N–H and O–H groups in total. The molecule has 1 aliphatic rings. The maximum Gasteiger partial charge on any atom is 0.0702 e. The largest absolute Gasteiger partial charge is 0.377 e. The minimum absolute atomic E-state index is 0.459. The summed E-state index contributed by atoms with van der Waals surface area (Å²) in [6, 6.07) is 0. The predicted molar refractivity (Wildman–Crippen MR) is 65.6 cm³/mol. The molecule has 2 atom stereocenters. The van der Waals surface area contributed by atoms with Gasteiger partial charge in [0.05, 0.1) is 6.10 Å². The summed E-state index contributed by atoms with van der Waals surface area (Å²) in [6.07, 6.45) is 4.07. The molecule has 0 aromatic heterocycles. The molecule has 1 rings (SSSR count). The van der Waals surface area contributed by atoms with Gasteiger partial charge < -0.3 is 9.64 Å². The zero-order valence-electron chi connectivity index (χ0n) is 10.0. The average Bonchev–Trinajstić information content (AvgIpc) is 2.26. The Bertz CT molecular complexity index is 166. The van der Waals surface area contributed by atoms with E-state index in [4.69, 9.17) is 16.3 Å². The zero-order valence-corrected chi connectivity index (χ0v) is 10.8. The van der Waals surface area contributed by atoms with E-state index in [9.17, 15) is 0 Å². The lowest BCUT2D eigenvalue weighted by Gasteiger charge is -2.33. The fourth-order valence-electron chi connectivity index (χ4n) is 2.09. The Kier molecular flexibility index (Phi) is 6.62. The Balaban J connectivity index is 2.22. The molecule has 1 saturated heterocycles. The van der Waals surface area contributed by atoms with Gasteiger partial charge in [0.1, 0.15) is 0 Å². The average molecular weight is 234 g/mol. The Labute approximate surface area is 98.9 Å². The number of hydrogen-bond donors (Lipinski definition) is 0. The van der Waals surface area contributed by atoms with Crippen molar-refractivity contribution in [3.63, 3.8) is 0 Å². The molecule has 0 bridgehead atoms. The van der Waals surface area contributed by atoms with Crippen molar-refractivity contribution in [1.82, 2.24) is 4.90 Å². The van der Waals surface area contributed by atoms with E-state index in [1.54, 1.807) is 0 Å². The zero-order chi connectivity index (χ0) is 11.1. The van der Waals surface area contributed by atoms with Crippen LogP contribution in [0, 0.1) is 5.92 Å². The molecule has 0 amide bonds. The molecule has 90 valence electrons. The molecule has 0 radical (unpaired) electrons. The van der Waals surface area contributed by atoms with Gasteiger partial charge in [-0.25, -0.2) is 0 Å². The molecule has 2 unspecified atom stereocenters. The highest BCUT2D eigenvalue weighted by molar-refractivity contribution is 6.18. The number of likely N-dealkylation sites (tertiary alicyclic amines) is 1. The lowest BCUT2D eigenvalue weighted by atomic mass is 10.1. The van der Waals surface area contributed by atoms with Gasteiger partial charge >= 0.3 is 0 Å². The SMILES string of the molecule is CCCOC1CCCN(CC(C)CCl)C1. The van der Waals surface area contributed by atoms with Crippen LogP contribution in [0.3, 0.4) is 0 Å². The van der Waals surface area contributed by atoms with Crippen LogP contribution in [-0.2, 0) is 4.74 Å². The first-order valence-electron chi connectivity index (χ1n) is 6.16. The fraction of sp³-hybridized carbons (Fsp3) is 1.00. The van der Waals surface area contributed by atoms with Gasteiger partial charge in [-0.1, -0.05) is 13.8 Å². The minimum atomic E-state index is 0.459. The summed E-state index contributed by atoms with van der Waals surface area (Å²) in [5, 5.41) is 0. The number of piperidine rings is 1. The Morgan fingerprint density at radius 1 is 1.53 bits per heavy atom. The molecular weight excluding hydrogens is 210 g/mol. The highest BCUT2D eigenvalue weighted by Crippen LogP contribution is 2.15. The molecule has 1 heterocycles. The number of rotatable bonds is 6. The third kappa shape index (κ3) is 5.19. The topological polar surface area (TPSA) is 12.5 Å². The molecule has 0 aromatic rings. The summed E-state index contributed by atoms with van der Waals surface area (Å²) in [4.78, 5) is 2.50. The maximum absolute atomic E-state index is 5.83. The summed E-state index contributed by atoms with van der Waals surface area (Å²) in [7, 11) is 0. The summed E-state index contributed by atoms with van der Waals surface area (Å²) in [5.41, 5.74) is 0. The first-order valence-corrected chi connectivity index (χ1v) is 6.69. The van der Waals surface area contributed by atoms with E-state index < -0.39 is 0 Å². The lowest BCUT2D eigenvalue weighted by molar-refractivity contribution is -0.00258. The summed E-state index contributed by atoms with van der Waals surface area (Å²) in [6.45, 7) is 8.72. The van der Waals surface area contributed by atoms with Crippen LogP contribution in [0.2, 0.25) is 0 Å². The van der Waals surface area contributed by atoms with E-state index in [1.165, 1.54) is 19.4 Å². The molecule has 2 nitrogen and oxygen atoms in total. The van der Waals surface area contributed by atoms with Crippen molar-refractivity contribution >= 4 is 11.6 Å². The van der Waals surface area contributed by atoms with Crippen LogP contribution in [0.25, 0.3) is 0 Å². The van der Waals surface area contributed by atoms with Gasteiger partial charge in [0, 0.05) is 25.6 Å². The van der Waals surface area contributed by atoms with E-state index in [1.807, 2.05) is 0 Å². The van der Waals surface area contributed by atoms with Gasteiger partial charge in [0.2, 0.25) is 0 Å². The normalized spacial score (nSPS) is 25.4. The monoisotopic (exact) mass is 233 g/mol. The van der Waals surface area contributed by atoms with E-state index >= 15 is 0 Å². The summed E-state index contributed by atoms with van der Waals surface area (Å²) >= 11 is 5.83. The lowest BCUT2D eigenvalue weighted by Crippen LogP contribution is -2.42. The van der Waals surface area contributed by atoms with Crippen LogP contribution in [0.5, 0.6) is 0 Å². The van der Waals surface area contributed by atoms with Crippen molar-refractivity contribution in [1.29, 1.82) is 0 Å². The molecule has 0 saturated carbocycles. The van der Waals surface area contributed by atoms with Gasteiger partial charge in [-0.05, 0) is 31.7 Å². The van der Waals surface area contributed by atoms with Crippen molar-refractivity contribution in [3.8, 4) is 0 Å². The molecule has 15 heavy (non-hydrogen) atoms. The summed E-state index contributed by atoms with van der Waals surface area (Å²) in [5.74, 6) is 1.35. The standard InChI is InChI=1S/C12H24ClNO/c1-3-7-15-12-5-4-6-14(10-12)9-11(2)8-13/h11-12H,3-10H2,1-2H3. The number of nitrogens with zero attached hydrogens (tertiary/aromatic N) is 1. The Hall–Kier alpha value is 0.210. The molecular formula is C12H24ClNO. The van der Waals surface area contributed by atoms with Crippen LogP contribution >= 0.6 is 11.6 Å². The number of hydrogen-bond acceptors (Lipinski definition) is 2.